The molecule has 0 amide bonds. The van der Waals surface area contributed by atoms with Crippen LogP contribution in [0.15, 0.2) is 71.4 Å². The molecule has 0 heterocycles. The molecule has 144 valence electrons. The summed E-state index contributed by atoms with van der Waals surface area (Å²) >= 11 is 0. The molecule has 0 aliphatic heterocycles. The zero-order valence-corrected chi connectivity index (χ0v) is 18.0. The lowest BCUT2D eigenvalue weighted by Crippen LogP contribution is -1.91. The first kappa shape index (κ1) is 24.1. The summed E-state index contributed by atoms with van der Waals surface area (Å²) in [6.07, 6.45) is 8.31. The second-order valence-corrected chi connectivity index (χ2v) is 7.03. The maximum atomic E-state index is 4.50. The van der Waals surface area contributed by atoms with Crippen molar-refractivity contribution < 1.29 is 0 Å². The molecule has 0 saturated carbocycles. The maximum Gasteiger partial charge on any atom is -0.0187 e. The fourth-order valence-electron chi connectivity index (χ4n) is 2.66. The molecular weight excluding hydrogens is 314 g/mol. The number of nitrogens with two attached hydrogens (primary N) is 1. The van der Waals surface area contributed by atoms with E-state index in [1.165, 1.54) is 48.6 Å². The van der Waals surface area contributed by atoms with Gasteiger partial charge in [-0.05, 0) is 70.2 Å². The van der Waals surface area contributed by atoms with Crippen molar-refractivity contribution in [1.82, 2.24) is 0 Å². The first-order valence-electron chi connectivity index (χ1n) is 9.69. The highest BCUT2D eigenvalue weighted by Gasteiger charge is 2.02. The van der Waals surface area contributed by atoms with Crippen LogP contribution in [0.2, 0.25) is 0 Å². The molecule has 2 N–H and O–H groups in total. The van der Waals surface area contributed by atoms with Gasteiger partial charge in [0.2, 0.25) is 0 Å². The first-order chi connectivity index (χ1) is 12.3. The predicted molar refractivity (Wildman–Crippen MR) is 120 cm³/mol. The Kier molecular flexibility index (Phi) is 12.4. The Morgan fingerprint density at radius 3 is 2.15 bits per heavy atom. The highest BCUT2D eigenvalue weighted by molar-refractivity contribution is 5.76. The van der Waals surface area contributed by atoms with Crippen LogP contribution in [0.5, 0.6) is 0 Å². The predicted octanol–water partition coefficient (Wildman–Crippen LogP) is 7.33. The second kappa shape index (κ2) is 13.4. The Labute approximate surface area is 162 Å². The van der Waals surface area contributed by atoms with Gasteiger partial charge in [0.1, 0.15) is 0 Å². The largest absolute Gasteiger partial charge is 0.333 e. The average molecular weight is 354 g/mol. The Morgan fingerprint density at radius 2 is 1.69 bits per heavy atom. The van der Waals surface area contributed by atoms with Gasteiger partial charge < -0.3 is 5.73 Å². The van der Waals surface area contributed by atoms with Crippen molar-refractivity contribution in [2.45, 2.75) is 60.8 Å². The number of hydrogen-bond donors (Lipinski definition) is 1. The summed E-state index contributed by atoms with van der Waals surface area (Å²) in [6.45, 7) is 17.3. The van der Waals surface area contributed by atoms with E-state index in [1.54, 1.807) is 5.57 Å². The Hall–Kier alpha value is -1.86. The van der Waals surface area contributed by atoms with Crippen LogP contribution in [0.3, 0.4) is 0 Å². The van der Waals surface area contributed by atoms with E-state index in [1.807, 2.05) is 6.07 Å². The van der Waals surface area contributed by atoms with Gasteiger partial charge in [-0.15, -0.1) is 0 Å². The summed E-state index contributed by atoms with van der Waals surface area (Å²) in [5.41, 5.74) is 12.7. The van der Waals surface area contributed by atoms with Crippen LogP contribution in [0.25, 0.3) is 5.57 Å². The van der Waals surface area contributed by atoms with Crippen molar-refractivity contribution >= 4 is 5.57 Å². The lowest BCUT2D eigenvalue weighted by Gasteiger charge is -2.11. The number of rotatable bonds is 4. The van der Waals surface area contributed by atoms with Gasteiger partial charge in [-0.2, -0.15) is 0 Å². The lowest BCUT2D eigenvalue weighted by atomic mass is 9.95. The first-order valence-corrected chi connectivity index (χ1v) is 9.69. The molecule has 0 fully saturated rings. The molecule has 1 aromatic carbocycles. The fraction of sp³-hybridized carbons (Fsp3) is 0.440. The Balaban J connectivity index is 0.000000484. The standard InChI is InChI=1S/C15H20.C9H14.CH5N/c1-5-12(2)11-13(3)14(4)15-9-7-6-8-10-15;1-7-4-5-8(2)9(3)6-7;1-2/h6-12H,4-5H2,1-3H3;6H,4-5H2,1-3H3;2H2,1H3/b13-11-;;. The minimum absolute atomic E-state index is 0.630. The smallest absolute Gasteiger partial charge is 0.0187 e. The van der Waals surface area contributed by atoms with Gasteiger partial charge in [0, 0.05) is 0 Å². The molecule has 0 spiro atoms. The van der Waals surface area contributed by atoms with E-state index in [0.717, 1.165) is 5.57 Å². The number of allylic oxidation sites excluding steroid dienone is 7. The monoisotopic (exact) mass is 353 g/mol. The zero-order valence-electron chi connectivity index (χ0n) is 18.0. The third kappa shape index (κ3) is 9.01. The number of benzene rings is 1. The van der Waals surface area contributed by atoms with Crippen LogP contribution >= 0.6 is 0 Å². The zero-order chi connectivity index (χ0) is 20.1. The second-order valence-electron chi connectivity index (χ2n) is 7.03. The van der Waals surface area contributed by atoms with Crippen molar-refractivity contribution in [2.24, 2.45) is 11.7 Å². The molecule has 1 aromatic rings. The van der Waals surface area contributed by atoms with Crippen LogP contribution in [-0.4, -0.2) is 7.05 Å². The van der Waals surface area contributed by atoms with Crippen LogP contribution in [-0.2, 0) is 0 Å². The molecule has 2 rings (SSSR count). The number of hydrogen-bond acceptors (Lipinski definition) is 1. The highest BCUT2D eigenvalue weighted by Crippen LogP contribution is 2.23. The van der Waals surface area contributed by atoms with E-state index in [9.17, 15) is 0 Å². The van der Waals surface area contributed by atoms with Crippen LogP contribution in [0, 0.1) is 5.92 Å². The molecule has 1 unspecified atom stereocenters. The molecule has 1 aliphatic carbocycles. The van der Waals surface area contributed by atoms with Gasteiger partial charge >= 0.3 is 0 Å². The lowest BCUT2D eigenvalue weighted by molar-refractivity contribution is 0.695. The van der Waals surface area contributed by atoms with E-state index in [4.69, 9.17) is 0 Å². The summed E-state index contributed by atoms with van der Waals surface area (Å²) in [7, 11) is 1.50. The van der Waals surface area contributed by atoms with E-state index < -0.39 is 0 Å². The van der Waals surface area contributed by atoms with Crippen molar-refractivity contribution in [3.8, 4) is 0 Å². The Bertz CT molecular complexity index is 629. The van der Waals surface area contributed by atoms with Gasteiger partial charge in [0.05, 0.1) is 0 Å². The van der Waals surface area contributed by atoms with E-state index in [-0.39, 0.29) is 0 Å². The van der Waals surface area contributed by atoms with Crippen LogP contribution < -0.4 is 5.73 Å². The molecule has 26 heavy (non-hydrogen) atoms. The molecule has 1 heteroatoms. The molecule has 0 radical (unpaired) electrons. The molecule has 1 aliphatic rings. The maximum absolute atomic E-state index is 4.50. The van der Waals surface area contributed by atoms with Crippen LogP contribution in [0.4, 0.5) is 0 Å². The molecule has 1 nitrogen and oxygen atoms in total. The minimum Gasteiger partial charge on any atom is -0.333 e. The van der Waals surface area contributed by atoms with Gasteiger partial charge in [-0.25, -0.2) is 0 Å². The molecule has 1 atom stereocenters. The van der Waals surface area contributed by atoms with Crippen molar-refractivity contribution in [1.29, 1.82) is 0 Å². The molecule has 0 bridgehead atoms. The third-order valence-electron chi connectivity index (χ3n) is 4.81. The quantitative estimate of drug-likeness (QED) is 0.563. The summed E-state index contributed by atoms with van der Waals surface area (Å²) < 4.78 is 0. The van der Waals surface area contributed by atoms with E-state index >= 15 is 0 Å². The van der Waals surface area contributed by atoms with Gasteiger partial charge in [0.15, 0.2) is 0 Å². The topological polar surface area (TPSA) is 26.0 Å². The summed E-state index contributed by atoms with van der Waals surface area (Å²) in [6, 6.07) is 10.4. The highest BCUT2D eigenvalue weighted by atomic mass is 14.4. The van der Waals surface area contributed by atoms with Crippen LogP contribution in [0.1, 0.15) is 66.4 Å². The van der Waals surface area contributed by atoms with Gasteiger partial charge in [-0.1, -0.05) is 86.1 Å². The molecular formula is C25H39N. The summed E-state index contributed by atoms with van der Waals surface area (Å²) in [5, 5.41) is 0. The fourth-order valence-corrected chi connectivity index (χ4v) is 2.66. The summed E-state index contributed by atoms with van der Waals surface area (Å²) in [4.78, 5) is 0. The molecule has 0 aromatic heterocycles. The molecule has 0 saturated heterocycles. The van der Waals surface area contributed by atoms with Gasteiger partial charge in [-0.3, -0.25) is 0 Å². The summed E-state index contributed by atoms with van der Waals surface area (Å²) in [5.74, 6) is 0.630. The Morgan fingerprint density at radius 1 is 1.12 bits per heavy atom. The van der Waals surface area contributed by atoms with E-state index in [2.05, 4.69) is 90.3 Å². The van der Waals surface area contributed by atoms with Gasteiger partial charge in [0.25, 0.3) is 0 Å². The third-order valence-corrected chi connectivity index (χ3v) is 4.81. The van der Waals surface area contributed by atoms with Crippen molar-refractivity contribution in [2.75, 3.05) is 7.05 Å². The average Bonchev–Trinajstić information content (AvgIpc) is 2.67. The van der Waals surface area contributed by atoms with Crippen molar-refractivity contribution in [3.05, 3.63) is 76.9 Å². The SMILES string of the molecule is C=C(/C(C)=C\C(C)CC)c1ccccc1.CC1=CC(C)=C(C)CC1.CN. The van der Waals surface area contributed by atoms with E-state index in [0.29, 0.717) is 5.92 Å². The normalized spacial score (nSPS) is 15.1. The van der Waals surface area contributed by atoms with Crippen molar-refractivity contribution in [3.63, 3.8) is 0 Å². The minimum atomic E-state index is 0.630.